The molecule has 0 radical (unpaired) electrons. The molecule has 0 unspecified atom stereocenters. The van der Waals surface area contributed by atoms with Crippen molar-refractivity contribution < 1.29 is 4.63 Å². The lowest BCUT2D eigenvalue weighted by Gasteiger charge is -2.15. The molecule has 7 heteroatoms. The maximum Gasteiger partial charge on any atom is 0.161 e. The zero-order chi connectivity index (χ0) is 14.3. The van der Waals surface area contributed by atoms with E-state index in [1.54, 1.807) is 17.1 Å². The zero-order valence-electron chi connectivity index (χ0n) is 12.0. The van der Waals surface area contributed by atoms with Gasteiger partial charge < -0.3 is 0 Å². The Kier molecular flexibility index (Phi) is 2.77. The lowest BCUT2D eigenvalue weighted by Crippen LogP contribution is -2.16. The quantitative estimate of drug-likeness (QED) is 0.708. The fraction of sp³-hybridized carbons (Fsp3) is 0.462. The molecule has 0 saturated carbocycles. The Morgan fingerprint density at radius 2 is 2.00 bits per heavy atom. The van der Waals surface area contributed by atoms with E-state index in [0.717, 1.165) is 28.2 Å². The lowest BCUT2D eigenvalue weighted by atomic mass is 9.96. The third-order valence-electron chi connectivity index (χ3n) is 3.09. The molecule has 0 aliphatic heterocycles. The van der Waals surface area contributed by atoms with Gasteiger partial charge in [-0.1, -0.05) is 31.1 Å². The second kappa shape index (κ2) is 4.36. The van der Waals surface area contributed by atoms with E-state index in [-0.39, 0.29) is 5.41 Å². The van der Waals surface area contributed by atoms with Gasteiger partial charge in [0.2, 0.25) is 0 Å². The summed E-state index contributed by atoms with van der Waals surface area (Å²) < 4.78 is 6.50. The first-order valence-electron chi connectivity index (χ1n) is 6.42. The predicted octanol–water partition coefficient (Wildman–Crippen LogP) is 1.86. The van der Waals surface area contributed by atoms with Crippen LogP contribution in [0.1, 0.15) is 38.0 Å². The summed E-state index contributed by atoms with van der Waals surface area (Å²) in [5.41, 5.74) is 2.21. The van der Waals surface area contributed by atoms with Crippen molar-refractivity contribution in [2.24, 2.45) is 0 Å². The summed E-state index contributed by atoms with van der Waals surface area (Å²) in [7, 11) is 0. The molecule has 0 atom stereocenters. The summed E-state index contributed by atoms with van der Waals surface area (Å²) in [5.74, 6) is 0.793. The molecule has 0 spiro atoms. The molecule has 3 heterocycles. The van der Waals surface area contributed by atoms with Crippen LogP contribution in [0, 0.1) is 6.92 Å². The monoisotopic (exact) mass is 272 g/mol. The molecule has 0 aliphatic rings. The van der Waals surface area contributed by atoms with Crippen LogP contribution in [0.3, 0.4) is 0 Å². The van der Waals surface area contributed by atoms with Crippen LogP contribution in [-0.2, 0) is 12.0 Å². The Hall–Kier alpha value is -2.31. The number of aromatic nitrogens is 6. The topological polar surface area (TPSA) is 82.5 Å². The number of hydrogen-bond donors (Lipinski definition) is 0. The van der Waals surface area contributed by atoms with Gasteiger partial charge in [-0.3, -0.25) is 0 Å². The summed E-state index contributed by atoms with van der Waals surface area (Å²) >= 11 is 0. The fourth-order valence-electron chi connectivity index (χ4n) is 1.88. The molecule has 3 aromatic heterocycles. The Bertz CT molecular complexity index is 752. The smallest absolute Gasteiger partial charge is 0.161 e. The van der Waals surface area contributed by atoms with Gasteiger partial charge in [0.05, 0.1) is 18.1 Å². The molecule has 20 heavy (non-hydrogen) atoms. The molecule has 0 fully saturated rings. The maximum absolute atomic E-state index is 4.71. The largest absolute Gasteiger partial charge is 0.244 e. The molecular weight excluding hydrogens is 256 g/mol. The third kappa shape index (κ3) is 2.15. The minimum absolute atomic E-state index is 0.103. The first-order chi connectivity index (χ1) is 9.45. The van der Waals surface area contributed by atoms with Crippen molar-refractivity contribution >= 4 is 11.0 Å². The van der Waals surface area contributed by atoms with Crippen molar-refractivity contribution in [2.45, 2.75) is 39.7 Å². The lowest BCUT2D eigenvalue weighted by molar-refractivity contribution is 0.300. The van der Waals surface area contributed by atoms with Crippen LogP contribution in [0.15, 0.2) is 17.0 Å². The predicted molar refractivity (Wildman–Crippen MR) is 72.2 cm³/mol. The molecule has 0 amide bonds. The molecule has 0 N–H and O–H groups in total. The van der Waals surface area contributed by atoms with Gasteiger partial charge >= 0.3 is 0 Å². The molecule has 3 rings (SSSR count). The minimum Gasteiger partial charge on any atom is -0.244 e. The number of rotatable bonds is 2. The Morgan fingerprint density at radius 1 is 1.20 bits per heavy atom. The molecule has 0 bridgehead atoms. The van der Waals surface area contributed by atoms with Crippen LogP contribution in [0.4, 0.5) is 0 Å². The first kappa shape index (κ1) is 12.7. The van der Waals surface area contributed by atoms with Crippen molar-refractivity contribution in [2.75, 3.05) is 0 Å². The molecule has 0 aliphatic carbocycles. The van der Waals surface area contributed by atoms with E-state index in [0.29, 0.717) is 6.54 Å². The van der Waals surface area contributed by atoms with E-state index in [4.69, 9.17) is 4.63 Å². The highest BCUT2D eigenvalue weighted by atomic mass is 16.6. The molecule has 3 aromatic rings. The first-order valence-corrected chi connectivity index (χ1v) is 6.42. The van der Waals surface area contributed by atoms with Gasteiger partial charge in [-0.05, 0) is 6.92 Å². The van der Waals surface area contributed by atoms with E-state index in [9.17, 15) is 0 Å². The normalized spacial score (nSPS) is 12.2. The van der Waals surface area contributed by atoms with Crippen LogP contribution < -0.4 is 0 Å². The van der Waals surface area contributed by atoms with Gasteiger partial charge in [-0.15, -0.1) is 0 Å². The van der Waals surface area contributed by atoms with Crippen LogP contribution >= 0.6 is 0 Å². The van der Waals surface area contributed by atoms with Crippen molar-refractivity contribution in [1.29, 1.82) is 0 Å². The average molecular weight is 272 g/mol. The van der Waals surface area contributed by atoms with Crippen LogP contribution in [0.2, 0.25) is 0 Å². The standard InChI is InChI=1S/C13H16N6O/c1-8-10(18-20-17-8)7-19-11-9(6-15-19)5-14-12(16-11)13(2,3)4/h5-6H,7H2,1-4H3. The summed E-state index contributed by atoms with van der Waals surface area (Å²) in [4.78, 5) is 9.02. The Morgan fingerprint density at radius 3 is 2.65 bits per heavy atom. The highest BCUT2D eigenvalue weighted by molar-refractivity contribution is 5.73. The summed E-state index contributed by atoms with van der Waals surface area (Å²) in [6.07, 6.45) is 3.56. The Labute approximate surface area is 116 Å². The minimum atomic E-state index is -0.103. The van der Waals surface area contributed by atoms with E-state index in [2.05, 4.69) is 46.2 Å². The van der Waals surface area contributed by atoms with Gasteiger partial charge in [-0.2, -0.15) is 5.10 Å². The number of hydrogen-bond acceptors (Lipinski definition) is 6. The average Bonchev–Trinajstić information content (AvgIpc) is 2.96. The summed E-state index contributed by atoms with van der Waals surface area (Å²) in [6.45, 7) is 8.59. The van der Waals surface area contributed by atoms with E-state index < -0.39 is 0 Å². The van der Waals surface area contributed by atoms with Gasteiger partial charge in [0, 0.05) is 11.6 Å². The summed E-state index contributed by atoms with van der Waals surface area (Å²) in [5, 5.41) is 12.9. The number of nitrogens with zero attached hydrogens (tertiary/aromatic N) is 6. The van der Waals surface area contributed by atoms with Crippen molar-refractivity contribution in [3.8, 4) is 0 Å². The van der Waals surface area contributed by atoms with Crippen molar-refractivity contribution in [3.05, 3.63) is 29.6 Å². The van der Waals surface area contributed by atoms with E-state index >= 15 is 0 Å². The van der Waals surface area contributed by atoms with Crippen LogP contribution in [0.5, 0.6) is 0 Å². The van der Waals surface area contributed by atoms with Gasteiger partial charge in [0.25, 0.3) is 0 Å². The molecule has 0 aromatic carbocycles. The number of aryl methyl sites for hydroxylation is 1. The second-order valence-corrected chi connectivity index (χ2v) is 5.82. The fourth-order valence-corrected chi connectivity index (χ4v) is 1.88. The SMILES string of the molecule is Cc1nonc1Cn1ncc2cnc(C(C)(C)C)nc21. The zero-order valence-corrected chi connectivity index (χ0v) is 12.0. The second-order valence-electron chi connectivity index (χ2n) is 5.82. The van der Waals surface area contributed by atoms with Gasteiger partial charge in [0.1, 0.15) is 17.2 Å². The maximum atomic E-state index is 4.71. The highest BCUT2D eigenvalue weighted by Gasteiger charge is 2.19. The van der Waals surface area contributed by atoms with E-state index in [1.807, 2.05) is 6.92 Å². The molecule has 104 valence electrons. The van der Waals surface area contributed by atoms with Gasteiger partial charge in [-0.25, -0.2) is 19.3 Å². The van der Waals surface area contributed by atoms with Crippen LogP contribution in [-0.4, -0.2) is 30.1 Å². The molecule has 7 nitrogen and oxygen atoms in total. The third-order valence-corrected chi connectivity index (χ3v) is 3.09. The highest BCUT2D eigenvalue weighted by Crippen LogP contribution is 2.20. The molecular formula is C13H16N6O. The van der Waals surface area contributed by atoms with E-state index in [1.165, 1.54) is 0 Å². The molecule has 0 saturated heterocycles. The summed E-state index contributed by atoms with van der Waals surface area (Å²) in [6, 6.07) is 0. The Balaban J connectivity index is 2.05. The number of fused-ring (bicyclic) bond motifs is 1. The van der Waals surface area contributed by atoms with Crippen molar-refractivity contribution in [3.63, 3.8) is 0 Å². The van der Waals surface area contributed by atoms with Gasteiger partial charge in [0.15, 0.2) is 5.65 Å². The van der Waals surface area contributed by atoms with Crippen molar-refractivity contribution in [1.82, 2.24) is 30.1 Å². The van der Waals surface area contributed by atoms with Crippen LogP contribution in [0.25, 0.3) is 11.0 Å².